The van der Waals surface area contributed by atoms with E-state index in [0.717, 1.165) is 4.57 Å². The molecule has 0 spiro atoms. The molecule has 0 radical (unpaired) electrons. The molecule has 0 bridgehead atoms. The molecule has 2 aliphatic rings. The molecule has 25 heavy (non-hydrogen) atoms. The van der Waals surface area contributed by atoms with E-state index >= 15 is 0 Å². The number of aromatic nitrogens is 2. The summed E-state index contributed by atoms with van der Waals surface area (Å²) >= 11 is 5.92. The minimum atomic E-state index is -0.651. The number of halogens is 1. The fraction of sp³-hybridized carbons (Fsp3) is 0. The first-order valence-electron chi connectivity index (χ1n) is 7.07. The summed E-state index contributed by atoms with van der Waals surface area (Å²) < 4.78 is 6.44. The molecule has 0 atom stereocenters. The Kier molecular flexibility index (Phi) is 3.22. The molecular formula is C16H8ClN3O5. The van der Waals surface area contributed by atoms with Crippen molar-refractivity contribution in [2.24, 2.45) is 0 Å². The number of hydrogen-bond acceptors (Lipinski definition) is 5. The van der Waals surface area contributed by atoms with Gasteiger partial charge in [-0.2, -0.15) is 0 Å². The normalized spacial score (nSPS) is 11.2. The first-order chi connectivity index (χ1) is 12.0. The Bertz CT molecular complexity index is 1320. The third kappa shape index (κ3) is 2.31. The lowest BCUT2D eigenvalue weighted by atomic mass is 10.3. The van der Waals surface area contributed by atoms with Crippen LogP contribution in [-0.2, 0) is 0 Å². The lowest BCUT2D eigenvalue weighted by Crippen LogP contribution is -2.24. The molecule has 2 aromatic carbocycles. The van der Waals surface area contributed by atoms with E-state index in [1.165, 1.54) is 24.3 Å². The summed E-state index contributed by atoms with van der Waals surface area (Å²) in [5.41, 5.74) is -0.480. The van der Waals surface area contributed by atoms with Gasteiger partial charge in [-0.1, -0.05) is 11.6 Å². The minimum Gasteiger partial charge on any atom is -0.447 e. The van der Waals surface area contributed by atoms with Gasteiger partial charge in [-0.25, -0.2) is 4.57 Å². The predicted octanol–water partition coefficient (Wildman–Crippen LogP) is 2.56. The zero-order valence-corrected chi connectivity index (χ0v) is 13.1. The maximum absolute atomic E-state index is 12.6. The van der Waals surface area contributed by atoms with Gasteiger partial charge < -0.3 is 9.40 Å². The summed E-state index contributed by atoms with van der Waals surface area (Å²) in [6.07, 6.45) is 0. The average molecular weight is 358 g/mol. The van der Waals surface area contributed by atoms with E-state index in [4.69, 9.17) is 16.0 Å². The first kappa shape index (κ1) is 15.2. The Hall–Kier alpha value is -3.39. The van der Waals surface area contributed by atoms with Gasteiger partial charge in [0.1, 0.15) is 0 Å². The first-order valence-corrected chi connectivity index (χ1v) is 7.45. The number of non-ortho nitro benzene ring substituents is 1. The molecular weight excluding hydrogens is 350 g/mol. The van der Waals surface area contributed by atoms with Crippen LogP contribution in [0.5, 0.6) is 0 Å². The van der Waals surface area contributed by atoms with Crippen LogP contribution in [0.25, 0.3) is 16.8 Å². The number of hydrogen-bond donors (Lipinski definition) is 1. The van der Waals surface area contributed by atoms with Gasteiger partial charge in [0.2, 0.25) is 5.42 Å². The molecule has 2 aromatic rings. The van der Waals surface area contributed by atoms with Crippen LogP contribution in [0.4, 0.5) is 5.69 Å². The fourth-order valence-corrected chi connectivity index (χ4v) is 2.78. The molecule has 1 N–H and O–H groups in total. The lowest BCUT2D eigenvalue weighted by molar-refractivity contribution is -0.384. The van der Waals surface area contributed by atoms with Gasteiger partial charge in [0.15, 0.2) is 10.9 Å². The molecule has 4 rings (SSSR count). The number of rotatable bonds is 2. The molecule has 8 nitrogen and oxygen atoms in total. The number of aromatic amines is 1. The van der Waals surface area contributed by atoms with Crippen LogP contribution >= 0.6 is 11.6 Å². The largest absolute Gasteiger partial charge is 0.447 e. The van der Waals surface area contributed by atoms with Crippen molar-refractivity contribution in [3.63, 3.8) is 0 Å². The number of nitro groups is 1. The van der Waals surface area contributed by atoms with E-state index in [0.29, 0.717) is 16.1 Å². The van der Waals surface area contributed by atoms with Crippen LogP contribution in [0.1, 0.15) is 0 Å². The molecule has 9 heteroatoms. The second kappa shape index (κ2) is 5.32. The minimum absolute atomic E-state index is 0.00174. The van der Waals surface area contributed by atoms with Gasteiger partial charge in [0.25, 0.3) is 11.2 Å². The van der Waals surface area contributed by atoms with Crippen LogP contribution in [0.2, 0.25) is 5.02 Å². The van der Waals surface area contributed by atoms with Crippen LogP contribution in [-0.4, -0.2) is 14.5 Å². The highest BCUT2D eigenvalue weighted by Gasteiger charge is 2.16. The van der Waals surface area contributed by atoms with Crippen molar-refractivity contribution in [3.05, 3.63) is 89.1 Å². The van der Waals surface area contributed by atoms with E-state index in [-0.39, 0.29) is 22.1 Å². The quantitative estimate of drug-likeness (QED) is 0.437. The molecule has 0 aromatic heterocycles. The van der Waals surface area contributed by atoms with Crippen molar-refractivity contribution < 1.29 is 9.34 Å². The monoisotopic (exact) mass is 357 g/mol. The maximum atomic E-state index is 12.6. The van der Waals surface area contributed by atoms with Crippen LogP contribution in [0, 0.1) is 20.9 Å². The summed E-state index contributed by atoms with van der Waals surface area (Å²) in [6.45, 7) is 0. The van der Waals surface area contributed by atoms with Gasteiger partial charge in [0.05, 0.1) is 16.1 Å². The van der Waals surface area contributed by atoms with E-state index < -0.39 is 16.0 Å². The SMILES string of the molecule is O=c1c2[nH]c3cc(Cl)ccc3oc=2c(=O)n1-c1ccc([N+](=O)[O-])cc1. The smallest absolute Gasteiger partial charge is 0.303 e. The maximum Gasteiger partial charge on any atom is 0.303 e. The number of nitro benzene ring substituents is 1. The summed E-state index contributed by atoms with van der Waals surface area (Å²) in [5.74, 6) is 0. The van der Waals surface area contributed by atoms with E-state index in [2.05, 4.69) is 4.98 Å². The Morgan fingerprint density at radius 2 is 1.80 bits per heavy atom. The molecule has 0 fully saturated rings. The number of nitrogens with zero attached hydrogens (tertiary/aromatic N) is 2. The fourth-order valence-electron chi connectivity index (χ4n) is 2.61. The average Bonchev–Trinajstić information content (AvgIpc) is 2.83. The highest BCUT2D eigenvalue weighted by atomic mass is 35.5. The van der Waals surface area contributed by atoms with Gasteiger partial charge in [-0.05, 0) is 30.3 Å². The molecule has 0 amide bonds. The van der Waals surface area contributed by atoms with Crippen molar-refractivity contribution in [2.45, 2.75) is 0 Å². The molecule has 0 aliphatic carbocycles. The Morgan fingerprint density at radius 3 is 2.48 bits per heavy atom. The number of benzene rings is 2. The highest BCUT2D eigenvalue weighted by Crippen LogP contribution is 2.18. The topological polar surface area (TPSA) is 111 Å². The van der Waals surface area contributed by atoms with E-state index in [1.54, 1.807) is 18.2 Å². The van der Waals surface area contributed by atoms with Crippen LogP contribution < -0.4 is 11.1 Å². The summed E-state index contributed by atoms with van der Waals surface area (Å²) in [6, 6.07) is 9.86. The number of H-pyrrole nitrogens is 1. The third-order valence-electron chi connectivity index (χ3n) is 3.77. The van der Waals surface area contributed by atoms with Gasteiger partial charge in [-0.3, -0.25) is 19.7 Å². The zero-order valence-electron chi connectivity index (χ0n) is 12.4. The molecule has 0 saturated heterocycles. The van der Waals surface area contributed by atoms with Crippen molar-refractivity contribution in [1.82, 2.24) is 9.55 Å². The van der Waals surface area contributed by atoms with E-state index in [1.807, 2.05) is 0 Å². The zero-order chi connectivity index (χ0) is 17.7. The predicted molar refractivity (Wildman–Crippen MR) is 89.4 cm³/mol. The summed E-state index contributed by atoms with van der Waals surface area (Å²) in [4.78, 5) is 38.2. The van der Waals surface area contributed by atoms with Crippen LogP contribution in [0.3, 0.4) is 0 Å². The second-order valence-electron chi connectivity index (χ2n) is 5.29. The Labute approximate surface area is 142 Å². The standard InChI is InChI=1S/C16H8ClN3O5/c17-8-1-6-12-11(7-8)18-13-14(25-12)16(22)19(15(13)21)9-2-4-10(5-3-9)20(23)24/h1-7,18H. The highest BCUT2D eigenvalue weighted by molar-refractivity contribution is 6.31. The number of fused-ring (bicyclic) bond motifs is 1. The third-order valence-corrected chi connectivity index (χ3v) is 4.01. The summed E-state index contributed by atoms with van der Waals surface area (Å²) in [5, 5.41) is 11.2. The molecule has 2 aliphatic heterocycles. The molecule has 124 valence electrons. The molecule has 0 unspecified atom stereocenters. The van der Waals surface area contributed by atoms with Gasteiger partial charge >= 0.3 is 5.56 Å². The number of nitrogens with one attached hydrogen (secondary N) is 1. The lowest BCUT2D eigenvalue weighted by Gasteiger charge is -1.98. The Morgan fingerprint density at radius 1 is 1.08 bits per heavy atom. The summed E-state index contributed by atoms with van der Waals surface area (Å²) in [7, 11) is 0. The Balaban J connectivity index is 2.03. The van der Waals surface area contributed by atoms with Gasteiger partial charge in [-0.15, -0.1) is 0 Å². The van der Waals surface area contributed by atoms with E-state index in [9.17, 15) is 19.7 Å². The van der Waals surface area contributed by atoms with Crippen molar-refractivity contribution in [2.75, 3.05) is 0 Å². The van der Waals surface area contributed by atoms with Crippen molar-refractivity contribution >= 4 is 28.4 Å². The van der Waals surface area contributed by atoms with Crippen LogP contribution in [0.15, 0.2) is 56.5 Å². The second-order valence-corrected chi connectivity index (χ2v) is 5.73. The van der Waals surface area contributed by atoms with Crippen molar-refractivity contribution in [1.29, 1.82) is 0 Å². The van der Waals surface area contributed by atoms with Crippen molar-refractivity contribution in [3.8, 4) is 5.69 Å². The molecule has 2 heterocycles. The molecule has 0 saturated carbocycles. The van der Waals surface area contributed by atoms with Gasteiger partial charge in [0, 0.05) is 17.2 Å².